The van der Waals surface area contributed by atoms with E-state index in [4.69, 9.17) is 21.1 Å². The van der Waals surface area contributed by atoms with Gasteiger partial charge in [-0.25, -0.2) is 4.79 Å². The van der Waals surface area contributed by atoms with E-state index in [0.29, 0.717) is 29.2 Å². The maximum Gasteiger partial charge on any atom is 0.336 e. The van der Waals surface area contributed by atoms with Crippen LogP contribution in [0.25, 0.3) is 0 Å². The van der Waals surface area contributed by atoms with Gasteiger partial charge in [-0.1, -0.05) is 43.1 Å². The molecule has 1 aliphatic heterocycles. The minimum atomic E-state index is -0.492. The zero-order valence-electron chi connectivity index (χ0n) is 22.1. The number of Topliss-reactive ketones (excluding diaryl/α,β-unsaturated/α-hetero) is 1. The lowest BCUT2D eigenvalue weighted by Gasteiger charge is -2.40. The second-order valence-electron chi connectivity index (χ2n) is 10.8. The first-order chi connectivity index (χ1) is 16.9. The van der Waals surface area contributed by atoms with Gasteiger partial charge >= 0.3 is 5.97 Å². The van der Waals surface area contributed by atoms with Gasteiger partial charge in [0.2, 0.25) is 0 Å². The number of aryl methyl sites for hydroxylation is 2. The molecular weight excluding hydrogens is 474 g/mol. The normalized spacial score (nSPS) is 19.1. The Morgan fingerprint density at radius 3 is 2.50 bits per heavy atom. The molecule has 0 spiro atoms. The van der Waals surface area contributed by atoms with E-state index in [1.165, 1.54) is 7.11 Å². The highest BCUT2D eigenvalue weighted by Crippen LogP contribution is 2.48. The van der Waals surface area contributed by atoms with Gasteiger partial charge in [-0.2, -0.15) is 0 Å². The van der Waals surface area contributed by atoms with Gasteiger partial charge in [-0.15, -0.1) is 0 Å². The molecule has 4 rings (SSSR count). The predicted octanol–water partition coefficient (Wildman–Crippen LogP) is 6.62. The van der Waals surface area contributed by atoms with Crippen molar-refractivity contribution in [1.82, 2.24) is 5.32 Å². The number of allylic oxidation sites excluding steroid dienone is 3. The minimum absolute atomic E-state index is 0.0724. The molecule has 1 atom stereocenters. The van der Waals surface area contributed by atoms with Gasteiger partial charge in [-0.3, -0.25) is 4.79 Å². The summed E-state index contributed by atoms with van der Waals surface area (Å²) in [6.07, 6.45) is 1.18. The number of rotatable bonds is 5. The zero-order chi connectivity index (χ0) is 26.4. The van der Waals surface area contributed by atoms with Crippen LogP contribution in [-0.2, 0) is 20.9 Å². The number of benzene rings is 2. The van der Waals surface area contributed by atoms with E-state index in [-0.39, 0.29) is 11.2 Å². The van der Waals surface area contributed by atoms with E-state index < -0.39 is 11.9 Å². The minimum Gasteiger partial charge on any atom is -0.489 e. The van der Waals surface area contributed by atoms with Gasteiger partial charge < -0.3 is 14.8 Å². The number of ether oxygens (including phenoxy) is 2. The van der Waals surface area contributed by atoms with Gasteiger partial charge in [0.15, 0.2) is 5.78 Å². The Kier molecular flexibility index (Phi) is 7.07. The number of halogens is 1. The van der Waals surface area contributed by atoms with Crippen molar-refractivity contribution in [2.75, 3.05) is 7.11 Å². The first kappa shape index (κ1) is 26.0. The number of methoxy groups -OCH3 is 1. The van der Waals surface area contributed by atoms with E-state index >= 15 is 0 Å². The highest BCUT2D eigenvalue weighted by atomic mass is 35.5. The van der Waals surface area contributed by atoms with Crippen molar-refractivity contribution in [3.63, 3.8) is 0 Å². The largest absolute Gasteiger partial charge is 0.489 e. The second-order valence-corrected chi connectivity index (χ2v) is 11.2. The van der Waals surface area contributed by atoms with E-state index in [1.807, 2.05) is 45.9 Å². The van der Waals surface area contributed by atoms with Crippen LogP contribution in [0.3, 0.4) is 0 Å². The van der Waals surface area contributed by atoms with E-state index in [1.54, 1.807) is 0 Å². The van der Waals surface area contributed by atoms with Crippen molar-refractivity contribution in [3.8, 4) is 5.75 Å². The van der Waals surface area contributed by atoms with Crippen molar-refractivity contribution in [1.29, 1.82) is 0 Å². The maximum absolute atomic E-state index is 13.5. The van der Waals surface area contributed by atoms with Crippen LogP contribution in [-0.4, -0.2) is 18.9 Å². The van der Waals surface area contributed by atoms with Gasteiger partial charge in [0.25, 0.3) is 0 Å². The summed E-state index contributed by atoms with van der Waals surface area (Å²) < 4.78 is 11.4. The number of carbonyl (C=O) groups excluding carboxylic acids is 2. The number of esters is 1. The molecule has 5 nitrogen and oxygen atoms in total. The lowest BCUT2D eigenvalue weighted by atomic mass is 9.68. The average Bonchev–Trinajstić information content (AvgIpc) is 2.78. The Balaban J connectivity index is 1.82. The summed E-state index contributed by atoms with van der Waals surface area (Å²) in [7, 11) is 1.38. The molecule has 0 unspecified atom stereocenters. The van der Waals surface area contributed by atoms with Gasteiger partial charge in [-0.05, 0) is 80.0 Å². The molecule has 1 heterocycles. The molecule has 0 amide bonds. The number of carbonyl (C=O) groups is 2. The average molecular weight is 508 g/mol. The summed E-state index contributed by atoms with van der Waals surface area (Å²) in [4.78, 5) is 26.6. The lowest BCUT2D eigenvalue weighted by Crippen LogP contribution is -2.38. The first-order valence-corrected chi connectivity index (χ1v) is 12.6. The van der Waals surface area contributed by atoms with Crippen LogP contribution in [0.15, 0.2) is 52.9 Å². The van der Waals surface area contributed by atoms with Crippen molar-refractivity contribution in [3.05, 3.63) is 85.7 Å². The molecule has 190 valence electrons. The van der Waals surface area contributed by atoms with Crippen LogP contribution in [0.5, 0.6) is 5.75 Å². The fourth-order valence-electron chi connectivity index (χ4n) is 5.47. The quantitative estimate of drug-likeness (QED) is 0.460. The van der Waals surface area contributed by atoms with Crippen molar-refractivity contribution >= 4 is 23.4 Å². The molecule has 36 heavy (non-hydrogen) atoms. The Bertz CT molecular complexity index is 1320. The third kappa shape index (κ3) is 4.94. The summed E-state index contributed by atoms with van der Waals surface area (Å²) in [6, 6.07) is 9.74. The van der Waals surface area contributed by atoms with Crippen LogP contribution < -0.4 is 10.1 Å². The SMILES string of the molecule is COC(=O)C1=C(C)NC2=C(C(=O)CC(C)(C)C2)[C@@H]1c1cc(C)cc(COc2ccc(Cl)cc2C)c1C. The summed E-state index contributed by atoms with van der Waals surface area (Å²) in [5.74, 6) is -0.0783. The molecule has 0 fully saturated rings. The Morgan fingerprint density at radius 2 is 1.83 bits per heavy atom. The van der Waals surface area contributed by atoms with Gasteiger partial charge in [0.1, 0.15) is 12.4 Å². The molecule has 2 aliphatic rings. The van der Waals surface area contributed by atoms with E-state index in [9.17, 15) is 9.59 Å². The molecule has 1 N–H and O–H groups in total. The molecule has 6 heteroatoms. The van der Waals surface area contributed by atoms with E-state index in [0.717, 1.165) is 51.4 Å². The molecule has 1 aliphatic carbocycles. The molecule has 0 radical (unpaired) electrons. The zero-order valence-corrected chi connectivity index (χ0v) is 22.9. The molecule has 0 bridgehead atoms. The van der Waals surface area contributed by atoms with Crippen LogP contribution in [0, 0.1) is 26.2 Å². The van der Waals surface area contributed by atoms with Crippen LogP contribution >= 0.6 is 11.6 Å². The van der Waals surface area contributed by atoms with Crippen LogP contribution in [0.1, 0.15) is 67.3 Å². The van der Waals surface area contributed by atoms with Gasteiger partial charge in [0.05, 0.1) is 12.7 Å². The number of hydrogen-bond acceptors (Lipinski definition) is 5. The highest BCUT2D eigenvalue weighted by molar-refractivity contribution is 6.30. The Hall–Kier alpha value is -3.05. The smallest absolute Gasteiger partial charge is 0.336 e. The van der Waals surface area contributed by atoms with Crippen molar-refractivity contribution in [2.45, 2.75) is 66.9 Å². The van der Waals surface area contributed by atoms with Crippen LogP contribution in [0.2, 0.25) is 5.02 Å². The predicted molar refractivity (Wildman–Crippen MR) is 142 cm³/mol. The number of dihydropyridines is 1. The third-order valence-electron chi connectivity index (χ3n) is 7.18. The monoisotopic (exact) mass is 507 g/mol. The summed E-state index contributed by atoms with van der Waals surface area (Å²) >= 11 is 6.10. The van der Waals surface area contributed by atoms with Crippen LogP contribution in [0.4, 0.5) is 0 Å². The summed E-state index contributed by atoms with van der Waals surface area (Å²) in [5.41, 5.74) is 7.58. The second kappa shape index (κ2) is 9.78. The highest BCUT2D eigenvalue weighted by Gasteiger charge is 2.43. The maximum atomic E-state index is 13.5. The van der Waals surface area contributed by atoms with Gasteiger partial charge in [0, 0.05) is 34.3 Å². The first-order valence-electron chi connectivity index (χ1n) is 12.2. The number of hydrogen-bond donors (Lipinski definition) is 1. The molecule has 0 aromatic heterocycles. The summed E-state index contributed by atoms with van der Waals surface area (Å²) in [5, 5.41) is 4.05. The van der Waals surface area contributed by atoms with Crippen molar-refractivity contribution < 1.29 is 19.1 Å². The molecule has 2 aromatic rings. The fourth-order valence-corrected chi connectivity index (χ4v) is 5.70. The standard InChI is InChI=1S/C30H34ClNO4/c1-16-10-20(15-36-25-9-8-21(31)12-17(25)2)18(3)22(11-16)27-26(29(34)35-7)19(4)32-23-13-30(5,6)14-24(33)28(23)27/h8-12,27,32H,13-15H2,1-7H3/t27-/m1/s1. The number of ketones is 1. The molecular formula is C30H34ClNO4. The molecule has 0 saturated carbocycles. The van der Waals surface area contributed by atoms with Crippen molar-refractivity contribution in [2.24, 2.45) is 5.41 Å². The molecule has 2 aromatic carbocycles. The topological polar surface area (TPSA) is 64.6 Å². The Labute approximate surface area is 218 Å². The Morgan fingerprint density at radius 1 is 1.11 bits per heavy atom. The summed E-state index contributed by atoms with van der Waals surface area (Å²) in [6.45, 7) is 12.5. The fraction of sp³-hybridized carbons (Fsp3) is 0.400. The number of nitrogens with one attached hydrogen (secondary N) is 1. The van der Waals surface area contributed by atoms with E-state index in [2.05, 4.69) is 31.3 Å². The third-order valence-corrected chi connectivity index (χ3v) is 7.41. The lowest BCUT2D eigenvalue weighted by molar-refractivity contribution is -0.136. The molecule has 0 saturated heterocycles.